The first kappa shape index (κ1) is 18.4. The third-order valence-electron chi connectivity index (χ3n) is 4.97. The summed E-state index contributed by atoms with van der Waals surface area (Å²) < 4.78 is 10.9. The van der Waals surface area contributed by atoms with Crippen LogP contribution in [0, 0.1) is 0 Å². The maximum atomic E-state index is 12.5. The van der Waals surface area contributed by atoms with Gasteiger partial charge in [-0.25, -0.2) is 0 Å². The zero-order valence-corrected chi connectivity index (χ0v) is 16.3. The van der Waals surface area contributed by atoms with Crippen molar-refractivity contribution < 1.29 is 14.3 Å². The number of halogens is 1. The van der Waals surface area contributed by atoms with Gasteiger partial charge in [0.15, 0.2) is 18.1 Å². The van der Waals surface area contributed by atoms with Gasteiger partial charge in [0.2, 0.25) is 0 Å². The maximum Gasteiger partial charge on any atom is 0.260 e. The summed E-state index contributed by atoms with van der Waals surface area (Å²) in [4.78, 5) is 17.6. The standard InChI is InChI=1S/C22H21ClN2O3/c1-27-20-4-2-3-5-21(20)28-14-22(26)25-10-8-15(9-11-25)18-13-24-19-12-16(23)6-7-17(18)19/h2-8,12-13,24H,9-11,14H2,1H3. The van der Waals surface area contributed by atoms with Gasteiger partial charge in [-0.05, 0) is 36.3 Å². The SMILES string of the molecule is COc1ccccc1OCC(=O)N1CC=C(c2c[nH]c3cc(Cl)ccc23)CC1. The fraction of sp³-hybridized carbons (Fsp3) is 0.227. The average molecular weight is 397 g/mol. The van der Waals surface area contributed by atoms with Crippen LogP contribution in [0.1, 0.15) is 12.0 Å². The number of hydrogen-bond acceptors (Lipinski definition) is 3. The third kappa shape index (κ3) is 3.71. The number of H-pyrrole nitrogens is 1. The molecule has 0 saturated heterocycles. The van der Waals surface area contributed by atoms with Crippen molar-refractivity contribution in [3.63, 3.8) is 0 Å². The first-order valence-corrected chi connectivity index (χ1v) is 9.53. The lowest BCUT2D eigenvalue weighted by Crippen LogP contribution is -2.37. The summed E-state index contributed by atoms with van der Waals surface area (Å²) in [5.41, 5.74) is 3.43. The fourth-order valence-electron chi connectivity index (χ4n) is 3.47. The highest BCUT2D eigenvalue weighted by Gasteiger charge is 2.20. The Hall–Kier alpha value is -2.92. The Morgan fingerprint density at radius 1 is 1.21 bits per heavy atom. The Morgan fingerprint density at radius 3 is 2.79 bits per heavy atom. The summed E-state index contributed by atoms with van der Waals surface area (Å²) in [5.74, 6) is 1.16. The maximum absolute atomic E-state index is 12.5. The van der Waals surface area contributed by atoms with E-state index in [9.17, 15) is 4.79 Å². The molecule has 2 aromatic carbocycles. The minimum Gasteiger partial charge on any atom is -0.493 e. The number of benzene rings is 2. The van der Waals surface area contributed by atoms with Gasteiger partial charge in [-0.15, -0.1) is 0 Å². The minimum atomic E-state index is -0.0353. The third-order valence-corrected chi connectivity index (χ3v) is 5.21. The Morgan fingerprint density at radius 2 is 2.04 bits per heavy atom. The molecule has 2 heterocycles. The van der Waals surface area contributed by atoms with Gasteiger partial charge in [0.05, 0.1) is 7.11 Å². The van der Waals surface area contributed by atoms with E-state index in [1.807, 2.05) is 47.5 Å². The Labute approximate surface area is 168 Å². The largest absolute Gasteiger partial charge is 0.493 e. The Balaban J connectivity index is 1.41. The molecule has 1 aliphatic rings. The molecule has 1 N–H and O–H groups in total. The number of rotatable bonds is 5. The normalized spacial score (nSPS) is 14.1. The molecule has 4 rings (SSSR count). The van der Waals surface area contributed by atoms with E-state index in [1.165, 1.54) is 11.1 Å². The van der Waals surface area contributed by atoms with E-state index < -0.39 is 0 Å². The van der Waals surface area contributed by atoms with Crippen LogP contribution in [0.3, 0.4) is 0 Å². The molecule has 0 bridgehead atoms. The van der Waals surface area contributed by atoms with Gasteiger partial charge in [-0.1, -0.05) is 35.9 Å². The number of para-hydroxylation sites is 2. The van der Waals surface area contributed by atoms with E-state index in [1.54, 1.807) is 13.2 Å². The summed E-state index contributed by atoms with van der Waals surface area (Å²) >= 11 is 6.06. The van der Waals surface area contributed by atoms with E-state index in [2.05, 4.69) is 11.1 Å². The molecule has 0 saturated carbocycles. The average Bonchev–Trinajstić information content (AvgIpc) is 3.15. The number of carbonyl (C=O) groups excluding carboxylic acids is 1. The molecule has 144 valence electrons. The van der Waals surface area contributed by atoms with E-state index in [0.717, 1.165) is 17.3 Å². The molecule has 0 aliphatic carbocycles. The van der Waals surface area contributed by atoms with Crippen LogP contribution in [0.4, 0.5) is 0 Å². The highest BCUT2D eigenvalue weighted by molar-refractivity contribution is 6.31. The van der Waals surface area contributed by atoms with Gasteiger partial charge < -0.3 is 19.4 Å². The van der Waals surface area contributed by atoms with E-state index in [0.29, 0.717) is 29.6 Å². The Bertz CT molecular complexity index is 1040. The first-order chi connectivity index (χ1) is 13.7. The zero-order valence-electron chi connectivity index (χ0n) is 15.6. The van der Waals surface area contributed by atoms with Crippen molar-refractivity contribution in [3.05, 3.63) is 65.3 Å². The zero-order chi connectivity index (χ0) is 19.5. The second-order valence-corrected chi connectivity index (χ2v) is 7.09. The van der Waals surface area contributed by atoms with Crippen LogP contribution < -0.4 is 9.47 Å². The summed E-state index contributed by atoms with van der Waals surface area (Å²) in [6, 6.07) is 13.2. The topological polar surface area (TPSA) is 54.6 Å². The van der Waals surface area contributed by atoms with Crippen LogP contribution in [-0.2, 0) is 4.79 Å². The molecule has 1 aromatic heterocycles. The van der Waals surface area contributed by atoms with Crippen LogP contribution in [0.2, 0.25) is 5.02 Å². The number of amides is 1. The van der Waals surface area contributed by atoms with E-state index >= 15 is 0 Å². The summed E-state index contributed by atoms with van der Waals surface area (Å²) in [5, 5.41) is 1.86. The number of aromatic amines is 1. The van der Waals surface area contributed by atoms with Crippen molar-refractivity contribution in [2.75, 3.05) is 26.8 Å². The Kier molecular flexibility index (Phi) is 5.26. The molecule has 3 aromatic rings. The second-order valence-electron chi connectivity index (χ2n) is 6.65. The molecule has 1 amide bonds. The molecular formula is C22H21ClN2O3. The lowest BCUT2D eigenvalue weighted by molar-refractivity contribution is -0.132. The number of hydrogen-bond donors (Lipinski definition) is 1. The lowest BCUT2D eigenvalue weighted by atomic mass is 9.99. The van der Waals surface area contributed by atoms with E-state index in [4.69, 9.17) is 21.1 Å². The molecular weight excluding hydrogens is 376 g/mol. The smallest absolute Gasteiger partial charge is 0.260 e. The first-order valence-electron chi connectivity index (χ1n) is 9.15. The number of carbonyl (C=O) groups is 1. The van der Waals surface area contributed by atoms with Crippen molar-refractivity contribution in [3.8, 4) is 11.5 Å². The van der Waals surface area contributed by atoms with Crippen LogP contribution >= 0.6 is 11.6 Å². The monoisotopic (exact) mass is 396 g/mol. The number of methoxy groups -OCH3 is 1. The molecule has 0 spiro atoms. The number of nitrogens with one attached hydrogen (secondary N) is 1. The molecule has 0 atom stereocenters. The van der Waals surface area contributed by atoms with Gasteiger partial charge in [-0.3, -0.25) is 4.79 Å². The quantitative estimate of drug-likeness (QED) is 0.689. The van der Waals surface area contributed by atoms with Gasteiger partial charge in [0.1, 0.15) is 0 Å². The van der Waals surface area contributed by atoms with Crippen molar-refractivity contribution in [2.45, 2.75) is 6.42 Å². The molecule has 28 heavy (non-hydrogen) atoms. The highest BCUT2D eigenvalue weighted by Crippen LogP contribution is 2.31. The lowest BCUT2D eigenvalue weighted by Gasteiger charge is -2.26. The molecule has 0 fully saturated rings. The van der Waals surface area contributed by atoms with Crippen molar-refractivity contribution >= 4 is 34.0 Å². The molecule has 1 aliphatic heterocycles. The number of aromatic nitrogens is 1. The summed E-state index contributed by atoms with van der Waals surface area (Å²) in [6.45, 7) is 1.24. The van der Waals surface area contributed by atoms with Gasteiger partial charge >= 0.3 is 0 Å². The molecule has 0 radical (unpaired) electrons. The van der Waals surface area contributed by atoms with Gasteiger partial charge in [0, 0.05) is 40.8 Å². The minimum absolute atomic E-state index is 0.00483. The number of ether oxygens (including phenoxy) is 2. The summed E-state index contributed by atoms with van der Waals surface area (Å²) in [7, 11) is 1.58. The predicted molar refractivity (Wildman–Crippen MR) is 111 cm³/mol. The highest BCUT2D eigenvalue weighted by atomic mass is 35.5. The molecule has 0 unspecified atom stereocenters. The van der Waals surface area contributed by atoms with Crippen LogP contribution in [-0.4, -0.2) is 42.6 Å². The van der Waals surface area contributed by atoms with Gasteiger partial charge in [-0.2, -0.15) is 0 Å². The van der Waals surface area contributed by atoms with Crippen molar-refractivity contribution in [2.24, 2.45) is 0 Å². The van der Waals surface area contributed by atoms with Crippen molar-refractivity contribution in [1.29, 1.82) is 0 Å². The summed E-state index contributed by atoms with van der Waals surface area (Å²) in [6.07, 6.45) is 4.92. The van der Waals surface area contributed by atoms with E-state index in [-0.39, 0.29) is 12.5 Å². The van der Waals surface area contributed by atoms with Gasteiger partial charge in [0.25, 0.3) is 5.91 Å². The molecule has 6 heteroatoms. The van der Waals surface area contributed by atoms with Crippen molar-refractivity contribution in [1.82, 2.24) is 9.88 Å². The van der Waals surface area contributed by atoms with Crippen LogP contribution in [0.25, 0.3) is 16.5 Å². The number of fused-ring (bicyclic) bond motifs is 1. The second kappa shape index (κ2) is 7.98. The fourth-order valence-corrected chi connectivity index (χ4v) is 3.65. The molecule has 5 nitrogen and oxygen atoms in total. The van der Waals surface area contributed by atoms with Crippen LogP contribution in [0.15, 0.2) is 54.7 Å². The predicted octanol–water partition coefficient (Wildman–Crippen LogP) is 4.52. The van der Waals surface area contributed by atoms with Crippen LogP contribution in [0.5, 0.6) is 11.5 Å². The number of nitrogens with zero attached hydrogens (tertiary/aromatic N) is 1.